The maximum atomic E-state index is 13.5. The first-order valence-corrected chi connectivity index (χ1v) is 5.77. The molecule has 0 aliphatic carbocycles. The zero-order chi connectivity index (χ0) is 14.9. The number of aryl methyl sites for hydroxylation is 1. The van der Waals surface area contributed by atoms with Crippen molar-refractivity contribution in [3.8, 4) is 0 Å². The number of hydrogen-bond acceptors (Lipinski definition) is 2. The number of benzene rings is 1. The summed E-state index contributed by atoms with van der Waals surface area (Å²) in [4.78, 5) is 3.96. The van der Waals surface area contributed by atoms with Gasteiger partial charge in [-0.05, 0) is 36.2 Å². The molecule has 1 aromatic heterocycles. The summed E-state index contributed by atoms with van der Waals surface area (Å²) in [5.41, 5.74) is -0.379. The highest BCUT2D eigenvalue weighted by molar-refractivity contribution is 5.33. The lowest BCUT2D eigenvalue weighted by Crippen LogP contribution is -2.10. The van der Waals surface area contributed by atoms with Crippen LogP contribution in [0.1, 0.15) is 28.5 Å². The summed E-state index contributed by atoms with van der Waals surface area (Å²) in [5.74, 6) is -1.41. The average Bonchev–Trinajstić information content (AvgIpc) is 2.37. The molecular weight excluding hydrogens is 274 g/mol. The molecule has 0 bridgehead atoms. The molecule has 1 atom stereocenters. The van der Waals surface area contributed by atoms with E-state index in [0.29, 0.717) is 17.7 Å². The molecule has 20 heavy (non-hydrogen) atoms. The summed E-state index contributed by atoms with van der Waals surface area (Å²) in [7, 11) is 0. The van der Waals surface area contributed by atoms with Crippen molar-refractivity contribution in [2.24, 2.45) is 0 Å². The van der Waals surface area contributed by atoms with Gasteiger partial charge in [-0.25, -0.2) is 4.39 Å². The van der Waals surface area contributed by atoms with Crippen LogP contribution >= 0.6 is 0 Å². The Balaban J connectivity index is 2.40. The van der Waals surface area contributed by atoms with Gasteiger partial charge in [0.1, 0.15) is 11.9 Å². The highest BCUT2D eigenvalue weighted by Crippen LogP contribution is 2.33. The van der Waals surface area contributed by atoms with Gasteiger partial charge in [-0.15, -0.1) is 0 Å². The van der Waals surface area contributed by atoms with E-state index in [9.17, 15) is 22.7 Å². The minimum absolute atomic E-state index is 0.0253. The van der Waals surface area contributed by atoms with Crippen LogP contribution in [0.4, 0.5) is 17.6 Å². The van der Waals surface area contributed by atoms with Crippen LogP contribution in [-0.4, -0.2) is 10.1 Å². The molecule has 0 fully saturated rings. The molecule has 1 aromatic carbocycles. The van der Waals surface area contributed by atoms with Crippen molar-refractivity contribution in [3.05, 3.63) is 64.7 Å². The lowest BCUT2D eigenvalue weighted by atomic mass is 10.0. The molecule has 2 rings (SSSR count). The predicted octanol–water partition coefficient (Wildman–Crippen LogP) is 3.63. The van der Waals surface area contributed by atoms with E-state index in [4.69, 9.17) is 0 Å². The number of aliphatic hydroxyl groups is 1. The topological polar surface area (TPSA) is 33.1 Å². The van der Waals surface area contributed by atoms with Crippen LogP contribution in [0.25, 0.3) is 0 Å². The number of aliphatic hydroxyl groups excluding tert-OH is 1. The van der Waals surface area contributed by atoms with Gasteiger partial charge in [0, 0.05) is 6.20 Å². The third-order valence-electron chi connectivity index (χ3n) is 2.92. The third kappa shape index (κ3) is 2.80. The van der Waals surface area contributed by atoms with Crippen LogP contribution in [0.5, 0.6) is 0 Å². The van der Waals surface area contributed by atoms with Crippen molar-refractivity contribution in [2.75, 3.05) is 0 Å². The van der Waals surface area contributed by atoms with E-state index in [1.807, 2.05) is 0 Å². The van der Waals surface area contributed by atoms with Gasteiger partial charge in [-0.2, -0.15) is 13.2 Å². The van der Waals surface area contributed by atoms with E-state index in [1.54, 1.807) is 19.1 Å². The van der Waals surface area contributed by atoms with Crippen LogP contribution in [-0.2, 0) is 6.18 Å². The second kappa shape index (κ2) is 5.20. The average molecular weight is 285 g/mol. The van der Waals surface area contributed by atoms with E-state index < -0.39 is 23.7 Å². The lowest BCUT2D eigenvalue weighted by molar-refractivity contribution is -0.140. The number of pyridine rings is 1. The maximum absolute atomic E-state index is 13.5. The smallest absolute Gasteiger partial charge is 0.382 e. The van der Waals surface area contributed by atoms with Crippen molar-refractivity contribution in [2.45, 2.75) is 19.2 Å². The molecule has 0 saturated heterocycles. The van der Waals surface area contributed by atoms with E-state index in [2.05, 4.69) is 4.98 Å². The molecule has 0 aliphatic rings. The van der Waals surface area contributed by atoms with Gasteiger partial charge in [-0.1, -0.05) is 12.1 Å². The summed E-state index contributed by atoms with van der Waals surface area (Å²) in [5, 5.41) is 10.1. The molecule has 0 aliphatic heterocycles. The number of nitrogens with zero attached hydrogens (tertiary/aromatic N) is 1. The quantitative estimate of drug-likeness (QED) is 0.855. The molecule has 0 amide bonds. The van der Waals surface area contributed by atoms with Crippen molar-refractivity contribution in [3.63, 3.8) is 0 Å². The van der Waals surface area contributed by atoms with Gasteiger partial charge in [-0.3, -0.25) is 4.98 Å². The van der Waals surface area contributed by atoms with E-state index in [0.717, 1.165) is 6.07 Å². The second-order valence-electron chi connectivity index (χ2n) is 4.35. The van der Waals surface area contributed by atoms with Crippen LogP contribution in [0.3, 0.4) is 0 Å². The number of aromatic nitrogens is 1. The minimum Gasteiger partial charge on any atom is -0.382 e. The largest absolute Gasteiger partial charge is 0.419 e. The Morgan fingerprint density at radius 2 is 1.90 bits per heavy atom. The van der Waals surface area contributed by atoms with Crippen LogP contribution in [0.2, 0.25) is 0 Å². The SMILES string of the molecule is Cc1cccnc1C(O)c1ccc(C(F)(F)F)c(F)c1. The van der Waals surface area contributed by atoms with Crippen molar-refractivity contribution >= 4 is 0 Å². The Labute approximate surface area is 112 Å². The first kappa shape index (κ1) is 14.5. The molecule has 2 nitrogen and oxygen atoms in total. The van der Waals surface area contributed by atoms with Gasteiger partial charge < -0.3 is 5.11 Å². The third-order valence-corrected chi connectivity index (χ3v) is 2.92. The molecule has 1 unspecified atom stereocenters. The Morgan fingerprint density at radius 1 is 1.20 bits per heavy atom. The van der Waals surface area contributed by atoms with Crippen LogP contribution in [0, 0.1) is 12.7 Å². The highest BCUT2D eigenvalue weighted by Gasteiger charge is 2.34. The zero-order valence-electron chi connectivity index (χ0n) is 10.4. The number of halogens is 4. The highest BCUT2D eigenvalue weighted by atomic mass is 19.4. The first-order valence-electron chi connectivity index (χ1n) is 5.77. The lowest BCUT2D eigenvalue weighted by Gasteiger charge is -2.14. The van der Waals surface area contributed by atoms with Crippen LogP contribution < -0.4 is 0 Å². The number of alkyl halides is 3. The molecule has 0 spiro atoms. The maximum Gasteiger partial charge on any atom is 0.419 e. The molecule has 1 heterocycles. The summed E-state index contributed by atoms with van der Waals surface area (Å²) < 4.78 is 50.8. The number of rotatable bonds is 2. The first-order chi connectivity index (χ1) is 9.30. The molecule has 0 saturated carbocycles. The Hall–Kier alpha value is -1.95. The Bertz CT molecular complexity index is 625. The summed E-state index contributed by atoms with van der Waals surface area (Å²) in [6.07, 6.45) is -4.58. The van der Waals surface area contributed by atoms with Crippen molar-refractivity contribution < 1.29 is 22.7 Å². The van der Waals surface area contributed by atoms with Gasteiger partial charge >= 0.3 is 6.18 Å². The fourth-order valence-corrected chi connectivity index (χ4v) is 1.87. The van der Waals surface area contributed by atoms with Gasteiger partial charge in [0.15, 0.2) is 0 Å². The Morgan fingerprint density at radius 3 is 2.45 bits per heavy atom. The normalized spacial score (nSPS) is 13.3. The van der Waals surface area contributed by atoms with Gasteiger partial charge in [0.25, 0.3) is 0 Å². The predicted molar refractivity (Wildman–Crippen MR) is 64.4 cm³/mol. The summed E-state index contributed by atoms with van der Waals surface area (Å²) in [6, 6.07) is 5.71. The van der Waals surface area contributed by atoms with Crippen LogP contribution in [0.15, 0.2) is 36.5 Å². The zero-order valence-corrected chi connectivity index (χ0v) is 10.4. The van der Waals surface area contributed by atoms with Crippen molar-refractivity contribution in [1.29, 1.82) is 0 Å². The second-order valence-corrected chi connectivity index (χ2v) is 4.35. The molecule has 6 heteroatoms. The minimum atomic E-state index is -4.76. The fraction of sp³-hybridized carbons (Fsp3) is 0.214. The molecule has 0 radical (unpaired) electrons. The standard InChI is InChI=1S/C14H11F4NO/c1-8-3-2-6-19-12(8)13(20)9-4-5-10(11(15)7-9)14(16,17)18/h2-7,13,20H,1H3. The molecule has 1 N–H and O–H groups in total. The van der Waals surface area contributed by atoms with E-state index >= 15 is 0 Å². The van der Waals surface area contributed by atoms with Gasteiger partial charge in [0.05, 0.1) is 11.3 Å². The molecular formula is C14H11F4NO. The van der Waals surface area contributed by atoms with E-state index in [1.165, 1.54) is 6.20 Å². The summed E-state index contributed by atoms with van der Waals surface area (Å²) >= 11 is 0. The van der Waals surface area contributed by atoms with E-state index in [-0.39, 0.29) is 11.3 Å². The monoisotopic (exact) mass is 285 g/mol. The molecule has 2 aromatic rings. The fourth-order valence-electron chi connectivity index (χ4n) is 1.87. The summed E-state index contributed by atoms with van der Waals surface area (Å²) in [6.45, 7) is 1.70. The number of hydrogen-bond donors (Lipinski definition) is 1. The van der Waals surface area contributed by atoms with Gasteiger partial charge in [0.2, 0.25) is 0 Å². The van der Waals surface area contributed by atoms with Crippen molar-refractivity contribution in [1.82, 2.24) is 4.98 Å². The molecule has 106 valence electrons. The Kier molecular flexibility index (Phi) is 3.76.